The maximum absolute atomic E-state index is 4.74. The summed E-state index contributed by atoms with van der Waals surface area (Å²) >= 11 is 0. The highest BCUT2D eigenvalue weighted by Gasteiger charge is 2.36. The van der Waals surface area contributed by atoms with Crippen LogP contribution in [0.25, 0.3) is 11.0 Å². The molecule has 1 aromatic carbocycles. The number of imidazole rings is 1. The Morgan fingerprint density at radius 2 is 2.05 bits per heavy atom. The van der Waals surface area contributed by atoms with Crippen molar-refractivity contribution in [2.75, 3.05) is 20.1 Å². The Morgan fingerprint density at radius 3 is 2.95 bits per heavy atom. The Balaban J connectivity index is 1.58. The quantitative estimate of drug-likeness (QED) is 0.909. The monoisotopic (exact) mass is 270 g/mol. The van der Waals surface area contributed by atoms with Gasteiger partial charge in [0.2, 0.25) is 0 Å². The van der Waals surface area contributed by atoms with Crippen LogP contribution in [0.1, 0.15) is 25.1 Å². The molecule has 4 rings (SSSR count). The maximum Gasteiger partial charge on any atom is 0.121 e. The van der Waals surface area contributed by atoms with Gasteiger partial charge in [-0.15, -0.1) is 0 Å². The topological polar surface area (TPSA) is 35.2 Å². The minimum atomic E-state index is 0.709. The molecule has 0 saturated carbocycles. The number of aromatic amines is 1. The molecule has 106 valence electrons. The molecule has 4 heteroatoms. The smallest absolute Gasteiger partial charge is 0.121 e. The molecule has 4 nitrogen and oxygen atoms in total. The second-order valence-electron chi connectivity index (χ2n) is 6.31. The number of H-pyrrole nitrogens is 1. The maximum atomic E-state index is 4.74. The highest BCUT2D eigenvalue weighted by molar-refractivity contribution is 5.74. The first kappa shape index (κ1) is 12.4. The fourth-order valence-corrected chi connectivity index (χ4v) is 3.85. The van der Waals surface area contributed by atoms with E-state index in [0.29, 0.717) is 6.04 Å². The third-order valence-electron chi connectivity index (χ3n) is 4.91. The zero-order chi connectivity index (χ0) is 13.5. The van der Waals surface area contributed by atoms with Crippen molar-refractivity contribution in [3.05, 3.63) is 30.1 Å². The van der Waals surface area contributed by atoms with Crippen LogP contribution >= 0.6 is 0 Å². The van der Waals surface area contributed by atoms with Crippen LogP contribution in [0.4, 0.5) is 0 Å². The normalized spacial score (nSPS) is 28.1. The van der Waals surface area contributed by atoms with Crippen LogP contribution in [0.2, 0.25) is 0 Å². The van der Waals surface area contributed by atoms with Crippen molar-refractivity contribution in [1.82, 2.24) is 19.8 Å². The first-order valence-corrected chi connectivity index (χ1v) is 7.67. The SMILES string of the molecule is CN1CC[C@H]2CC[C@@H](C1)N2Cc1nc2ccccc2[nH]1. The van der Waals surface area contributed by atoms with E-state index >= 15 is 0 Å². The third-order valence-corrected chi connectivity index (χ3v) is 4.91. The summed E-state index contributed by atoms with van der Waals surface area (Å²) < 4.78 is 0. The average Bonchev–Trinajstić information content (AvgIpc) is 2.96. The number of nitrogens with one attached hydrogen (secondary N) is 1. The molecule has 2 aromatic rings. The molecule has 0 aliphatic carbocycles. The standard InChI is InChI=1S/C16H22N4/c1-19-9-8-12-6-7-13(10-19)20(12)11-16-17-14-4-2-3-5-15(14)18-16/h2-5,12-13H,6-11H2,1H3,(H,17,18)/t12-,13+/m1/s1. The molecule has 1 aromatic heterocycles. The summed E-state index contributed by atoms with van der Waals surface area (Å²) in [5.74, 6) is 1.12. The average molecular weight is 270 g/mol. The first-order chi connectivity index (χ1) is 9.79. The summed E-state index contributed by atoms with van der Waals surface area (Å²) in [5, 5.41) is 0. The molecule has 0 unspecified atom stereocenters. The summed E-state index contributed by atoms with van der Waals surface area (Å²) in [6.45, 7) is 3.41. The van der Waals surface area contributed by atoms with Gasteiger partial charge in [-0.05, 0) is 45.0 Å². The van der Waals surface area contributed by atoms with E-state index in [1.165, 1.54) is 32.4 Å². The Hall–Kier alpha value is -1.39. The minimum Gasteiger partial charge on any atom is -0.341 e. The van der Waals surface area contributed by atoms with Crippen molar-refractivity contribution < 1.29 is 0 Å². The molecule has 2 aliphatic rings. The van der Waals surface area contributed by atoms with Crippen LogP contribution in [0.15, 0.2) is 24.3 Å². The Kier molecular flexibility index (Phi) is 3.00. The summed E-state index contributed by atoms with van der Waals surface area (Å²) in [6, 6.07) is 9.77. The minimum absolute atomic E-state index is 0.709. The molecular formula is C16H22N4. The molecule has 1 N–H and O–H groups in total. The predicted molar refractivity (Wildman–Crippen MR) is 80.6 cm³/mol. The van der Waals surface area contributed by atoms with E-state index in [0.717, 1.165) is 29.4 Å². The van der Waals surface area contributed by atoms with E-state index in [2.05, 4.69) is 46.1 Å². The summed E-state index contributed by atoms with van der Waals surface area (Å²) in [6.07, 6.45) is 4.00. The molecule has 2 saturated heterocycles. The van der Waals surface area contributed by atoms with E-state index < -0.39 is 0 Å². The molecule has 3 heterocycles. The zero-order valence-electron chi connectivity index (χ0n) is 12.0. The lowest BCUT2D eigenvalue weighted by Gasteiger charge is -2.27. The number of para-hydroxylation sites is 2. The Bertz CT molecular complexity index is 572. The van der Waals surface area contributed by atoms with Crippen molar-refractivity contribution in [2.45, 2.75) is 37.9 Å². The van der Waals surface area contributed by atoms with Gasteiger partial charge in [0.05, 0.1) is 17.6 Å². The van der Waals surface area contributed by atoms with E-state index in [4.69, 9.17) is 4.98 Å². The van der Waals surface area contributed by atoms with Gasteiger partial charge in [0.15, 0.2) is 0 Å². The predicted octanol–water partition coefficient (Wildman–Crippen LogP) is 2.23. The van der Waals surface area contributed by atoms with Crippen LogP contribution in [0.3, 0.4) is 0 Å². The van der Waals surface area contributed by atoms with Crippen LogP contribution in [-0.2, 0) is 6.54 Å². The van der Waals surface area contributed by atoms with Crippen molar-refractivity contribution >= 4 is 11.0 Å². The van der Waals surface area contributed by atoms with Crippen LogP contribution in [0.5, 0.6) is 0 Å². The van der Waals surface area contributed by atoms with Crippen LogP contribution in [0, 0.1) is 0 Å². The van der Waals surface area contributed by atoms with Crippen molar-refractivity contribution in [3.8, 4) is 0 Å². The number of fused-ring (bicyclic) bond motifs is 3. The number of rotatable bonds is 2. The second-order valence-corrected chi connectivity index (χ2v) is 6.31. The molecule has 2 bridgehead atoms. The van der Waals surface area contributed by atoms with Crippen molar-refractivity contribution in [3.63, 3.8) is 0 Å². The van der Waals surface area contributed by atoms with Crippen LogP contribution < -0.4 is 0 Å². The number of hydrogen-bond donors (Lipinski definition) is 1. The first-order valence-electron chi connectivity index (χ1n) is 7.67. The second kappa shape index (κ2) is 4.86. The molecule has 2 fully saturated rings. The summed E-state index contributed by atoms with van der Waals surface area (Å²) in [5.41, 5.74) is 2.24. The van der Waals surface area contributed by atoms with Crippen molar-refractivity contribution in [1.29, 1.82) is 0 Å². The lowest BCUT2D eigenvalue weighted by molar-refractivity contribution is 0.180. The number of nitrogens with zero attached hydrogens (tertiary/aromatic N) is 3. The number of hydrogen-bond acceptors (Lipinski definition) is 3. The highest BCUT2D eigenvalue weighted by atomic mass is 15.3. The molecule has 0 spiro atoms. The number of benzene rings is 1. The van der Waals surface area contributed by atoms with E-state index in [1.54, 1.807) is 0 Å². The molecular weight excluding hydrogens is 248 g/mol. The van der Waals surface area contributed by atoms with Crippen LogP contribution in [-0.4, -0.2) is 52.0 Å². The molecule has 20 heavy (non-hydrogen) atoms. The van der Waals surface area contributed by atoms with E-state index in [1.807, 2.05) is 0 Å². The molecule has 2 atom stereocenters. The highest BCUT2D eigenvalue weighted by Crippen LogP contribution is 2.31. The van der Waals surface area contributed by atoms with E-state index in [-0.39, 0.29) is 0 Å². The van der Waals surface area contributed by atoms with Gasteiger partial charge in [-0.2, -0.15) is 0 Å². The summed E-state index contributed by atoms with van der Waals surface area (Å²) in [7, 11) is 2.25. The number of likely N-dealkylation sites (N-methyl/N-ethyl adjacent to an activating group) is 1. The number of likely N-dealkylation sites (tertiary alicyclic amines) is 1. The lowest BCUT2D eigenvalue weighted by Crippen LogP contribution is -2.38. The molecule has 0 amide bonds. The van der Waals surface area contributed by atoms with Gasteiger partial charge in [-0.3, -0.25) is 4.90 Å². The van der Waals surface area contributed by atoms with Gasteiger partial charge in [0, 0.05) is 18.6 Å². The number of aromatic nitrogens is 2. The van der Waals surface area contributed by atoms with Gasteiger partial charge in [-0.25, -0.2) is 4.98 Å². The zero-order valence-corrected chi connectivity index (χ0v) is 12.0. The van der Waals surface area contributed by atoms with Crippen molar-refractivity contribution in [2.24, 2.45) is 0 Å². The Labute approximate surface area is 119 Å². The molecule has 0 radical (unpaired) electrons. The van der Waals surface area contributed by atoms with Gasteiger partial charge >= 0.3 is 0 Å². The van der Waals surface area contributed by atoms with Gasteiger partial charge < -0.3 is 9.88 Å². The van der Waals surface area contributed by atoms with E-state index in [9.17, 15) is 0 Å². The lowest BCUT2D eigenvalue weighted by atomic mass is 10.1. The Morgan fingerprint density at radius 1 is 1.20 bits per heavy atom. The van der Waals surface area contributed by atoms with Gasteiger partial charge in [-0.1, -0.05) is 12.1 Å². The largest absolute Gasteiger partial charge is 0.341 e. The fraction of sp³-hybridized carbons (Fsp3) is 0.562. The van der Waals surface area contributed by atoms with Gasteiger partial charge in [0.1, 0.15) is 5.82 Å². The summed E-state index contributed by atoms with van der Waals surface area (Å²) in [4.78, 5) is 13.4. The van der Waals surface area contributed by atoms with Gasteiger partial charge in [0.25, 0.3) is 0 Å². The fourth-order valence-electron chi connectivity index (χ4n) is 3.85. The third kappa shape index (κ3) is 2.13. The molecule has 2 aliphatic heterocycles.